The molecule has 0 radical (unpaired) electrons. The zero-order valence-corrected chi connectivity index (χ0v) is 9.54. The summed E-state index contributed by atoms with van der Waals surface area (Å²) in [4.78, 5) is 29.4. The lowest BCUT2D eigenvalue weighted by Gasteiger charge is -2.30. The first-order chi connectivity index (χ1) is 8.08. The summed E-state index contributed by atoms with van der Waals surface area (Å²) in [5.41, 5.74) is 0. The van der Waals surface area contributed by atoms with Gasteiger partial charge in [-0.2, -0.15) is 0 Å². The van der Waals surface area contributed by atoms with Gasteiger partial charge in [-0.15, -0.1) is 0 Å². The smallest absolute Gasteiger partial charge is 0.323 e. The molecule has 0 saturated carbocycles. The molecule has 2 heterocycles. The molecule has 0 aliphatic carbocycles. The number of carbonyl (C=O) groups excluding carboxylic acids is 1. The molecule has 1 aliphatic heterocycles. The molecule has 92 valence electrons. The van der Waals surface area contributed by atoms with E-state index in [2.05, 4.69) is 4.98 Å². The van der Waals surface area contributed by atoms with Crippen LogP contribution >= 0.6 is 0 Å². The summed E-state index contributed by atoms with van der Waals surface area (Å²) in [5.74, 6) is -0.187. The molecule has 2 rings (SSSR count). The second-order valence-electron chi connectivity index (χ2n) is 3.99. The van der Waals surface area contributed by atoms with Crippen molar-refractivity contribution in [1.82, 2.24) is 19.4 Å². The predicted molar refractivity (Wildman–Crippen MR) is 58.3 cm³/mol. The van der Waals surface area contributed by atoms with Crippen LogP contribution in [-0.2, 0) is 17.9 Å². The van der Waals surface area contributed by atoms with E-state index in [4.69, 9.17) is 5.11 Å². The van der Waals surface area contributed by atoms with E-state index in [1.165, 1.54) is 11.9 Å². The minimum absolute atomic E-state index is 0.276. The minimum Gasteiger partial charge on any atom is -0.480 e. The average Bonchev–Trinajstić information content (AvgIpc) is 2.73. The summed E-state index contributed by atoms with van der Waals surface area (Å²) in [5, 5.41) is 8.63. The fraction of sp³-hybridized carbons (Fsp3) is 0.500. The summed E-state index contributed by atoms with van der Waals surface area (Å²) < 4.78 is 1.99. The number of likely N-dealkylation sites (N-methyl/N-ethyl adjacent to an activating group) is 1. The molecule has 1 aromatic rings. The van der Waals surface area contributed by atoms with Crippen LogP contribution in [0.5, 0.6) is 0 Å². The van der Waals surface area contributed by atoms with Crippen LogP contribution in [0, 0.1) is 0 Å². The van der Waals surface area contributed by atoms with Crippen molar-refractivity contribution < 1.29 is 14.7 Å². The van der Waals surface area contributed by atoms with Crippen LogP contribution in [0.4, 0.5) is 4.79 Å². The molecule has 1 aliphatic rings. The van der Waals surface area contributed by atoms with Crippen molar-refractivity contribution in [2.24, 2.45) is 0 Å². The van der Waals surface area contributed by atoms with E-state index in [-0.39, 0.29) is 12.6 Å². The van der Waals surface area contributed by atoms with E-state index in [1.54, 1.807) is 11.1 Å². The highest BCUT2D eigenvalue weighted by Gasteiger charge is 2.24. The Hall–Kier alpha value is -2.05. The molecule has 2 amide bonds. The van der Waals surface area contributed by atoms with Gasteiger partial charge >= 0.3 is 12.0 Å². The summed E-state index contributed by atoms with van der Waals surface area (Å²) >= 11 is 0. The SMILES string of the molecule is CN(CC(=O)O)C(=O)N1CCn2ccnc2C1. The highest BCUT2D eigenvalue weighted by atomic mass is 16.4. The number of amides is 2. The van der Waals surface area contributed by atoms with Gasteiger partial charge in [0, 0.05) is 32.5 Å². The molecule has 0 spiro atoms. The number of nitrogens with zero attached hydrogens (tertiary/aromatic N) is 4. The summed E-state index contributed by atoms with van der Waals surface area (Å²) in [6.07, 6.45) is 3.57. The first kappa shape index (κ1) is 11.4. The summed E-state index contributed by atoms with van der Waals surface area (Å²) in [7, 11) is 1.48. The van der Waals surface area contributed by atoms with Crippen molar-refractivity contribution >= 4 is 12.0 Å². The number of carboxylic acids is 1. The van der Waals surface area contributed by atoms with Crippen molar-refractivity contribution in [3.8, 4) is 0 Å². The number of carbonyl (C=O) groups is 2. The van der Waals surface area contributed by atoms with E-state index in [0.717, 1.165) is 5.82 Å². The van der Waals surface area contributed by atoms with Crippen LogP contribution in [-0.4, -0.2) is 56.6 Å². The molecule has 7 nitrogen and oxygen atoms in total. The van der Waals surface area contributed by atoms with Crippen molar-refractivity contribution in [3.05, 3.63) is 18.2 Å². The number of imidazole rings is 1. The number of urea groups is 1. The monoisotopic (exact) mass is 238 g/mol. The topological polar surface area (TPSA) is 78.7 Å². The lowest BCUT2D eigenvalue weighted by Crippen LogP contribution is -2.46. The molecule has 0 unspecified atom stereocenters. The Kier molecular flexibility index (Phi) is 2.99. The molecule has 1 N–H and O–H groups in total. The number of rotatable bonds is 2. The highest BCUT2D eigenvalue weighted by molar-refractivity contribution is 5.79. The number of hydrogen-bond acceptors (Lipinski definition) is 3. The molecule has 0 fully saturated rings. The van der Waals surface area contributed by atoms with Gasteiger partial charge in [0.05, 0.1) is 6.54 Å². The molecule has 7 heteroatoms. The fourth-order valence-electron chi connectivity index (χ4n) is 1.85. The van der Waals surface area contributed by atoms with E-state index in [0.29, 0.717) is 19.6 Å². The van der Waals surface area contributed by atoms with Crippen molar-refractivity contribution in [2.75, 3.05) is 20.1 Å². The van der Waals surface area contributed by atoms with Crippen molar-refractivity contribution in [3.63, 3.8) is 0 Å². The van der Waals surface area contributed by atoms with Crippen LogP contribution in [0.3, 0.4) is 0 Å². The van der Waals surface area contributed by atoms with Gasteiger partial charge in [-0.3, -0.25) is 4.79 Å². The Labute approximate surface area is 98.3 Å². The maximum absolute atomic E-state index is 11.9. The van der Waals surface area contributed by atoms with Crippen LogP contribution in [0.2, 0.25) is 0 Å². The van der Waals surface area contributed by atoms with E-state index in [1.807, 2.05) is 10.8 Å². The standard InChI is InChI=1S/C10H14N4O3/c1-12(7-9(15)16)10(17)14-5-4-13-3-2-11-8(13)6-14/h2-3H,4-7H2,1H3,(H,15,16). The third-order valence-electron chi connectivity index (χ3n) is 2.71. The van der Waals surface area contributed by atoms with E-state index < -0.39 is 5.97 Å². The Bertz CT molecular complexity index is 443. The maximum Gasteiger partial charge on any atom is 0.323 e. The van der Waals surface area contributed by atoms with Gasteiger partial charge in [0.2, 0.25) is 0 Å². The third-order valence-corrected chi connectivity index (χ3v) is 2.71. The first-order valence-electron chi connectivity index (χ1n) is 5.30. The largest absolute Gasteiger partial charge is 0.480 e. The third kappa shape index (κ3) is 2.38. The molecule has 1 aromatic heterocycles. The van der Waals surface area contributed by atoms with E-state index >= 15 is 0 Å². The Balaban J connectivity index is 2.00. The molecule has 17 heavy (non-hydrogen) atoms. The lowest BCUT2D eigenvalue weighted by molar-refractivity contribution is -0.137. The number of hydrogen-bond donors (Lipinski definition) is 1. The van der Waals surface area contributed by atoms with Crippen molar-refractivity contribution in [2.45, 2.75) is 13.1 Å². The van der Waals surface area contributed by atoms with E-state index in [9.17, 15) is 9.59 Å². The molecule has 0 atom stereocenters. The molecule has 0 bridgehead atoms. The zero-order valence-electron chi connectivity index (χ0n) is 9.54. The summed E-state index contributed by atoms with van der Waals surface area (Å²) in [6, 6.07) is -0.276. The normalized spacial score (nSPS) is 14.3. The Morgan fingerprint density at radius 1 is 1.53 bits per heavy atom. The van der Waals surface area contributed by atoms with Crippen LogP contribution in [0.1, 0.15) is 5.82 Å². The van der Waals surface area contributed by atoms with Crippen LogP contribution in [0.25, 0.3) is 0 Å². The summed E-state index contributed by atoms with van der Waals surface area (Å²) in [6.45, 7) is 1.41. The average molecular weight is 238 g/mol. The fourth-order valence-corrected chi connectivity index (χ4v) is 1.85. The second-order valence-corrected chi connectivity index (χ2v) is 3.99. The highest BCUT2D eigenvalue weighted by Crippen LogP contribution is 2.11. The molecular formula is C10H14N4O3. The quantitative estimate of drug-likeness (QED) is 0.776. The lowest BCUT2D eigenvalue weighted by atomic mass is 10.3. The van der Waals surface area contributed by atoms with Gasteiger partial charge in [0.15, 0.2) is 0 Å². The number of aromatic nitrogens is 2. The van der Waals surface area contributed by atoms with Crippen LogP contribution < -0.4 is 0 Å². The van der Waals surface area contributed by atoms with Gasteiger partial charge in [-0.1, -0.05) is 0 Å². The first-order valence-corrected chi connectivity index (χ1v) is 5.30. The van der Waals surface area contributed by atoms with Gasteiger partial charge < -0.3 is 19.5 Å². The Morgan fingerprint density at radius 3 is 3.00 bits per heavy atom. The Morgan fingerprint density at radius 2 is 2.29 bits per heavy atom. The second kappa shape index (κ2) is 4.44. The zero-order chi connectivity index (χ0) is 12.4. The number of fused-ring (bicyclic) bond motifs is 1. The predicted octanol–water partition coefficient (Wildman–Crippen LogP) is -0.165. The maximum atomic E-state index is 11.9. The molecule has 0 aromatic carbocycles. The van der Waals surface area contributed by atoms with Gasteiger partial charge in [0.25, 0.3) is 0 Å². The van der Waals surface area contributed by atoms with Crippen molar-refractivity contribution in [1.29, 1.82) is 0 Å². The molecule has 0 saturated heterocycles. The number of aliphatic carboxylic acids is 1. The number of carboxylic acid groups (broad SMARTS) is 1. The van der Waals surface area contributed by atoms with Gasteiger partial charge in [-0.05, 0) is 0 Å². The van der Waals surface area contributed by atoms with Gasteiger partial charge in [-0.25, -0.2) is 9.78 Å². The van der Waals surface area contributed by atoms with Gasteiger partial charge in [0.1, 0.15) is 12.4 Å². The molecular weight excluding hydrogens is 224 g/mol. The van der Waals surface area contributed by atoms with Crippen LogP contribution in [0.15, 0.2) is 12.4 Å². The minimum atomic E-state index is -1.01.